The Balaban J connectivity index is 2.34. The third-order valence-electron chi connectivity index (χ3n) is 2.51. The van der Waals surface area contributed by atoms with Gasteiger partial charge in [0.2, 0.25) is 0 Å². The Hall–Kier alpha value is -1.07. The highest BCUT2D eigenvalue weighted by Gasteiger charge is 2.05. The summed E-state index contributed by atoms with van der Waals surface area (Å²) in [6.45, 7) is 2.90. The molecule has 0 fully saturated rings. The summed E-state index contributed by atoms with van der Waals surface area (Å²) in [4.78, 5) is 10.1. The Morgan fingerprint density at radius 2 is 2.06 bits per heavy atom. The second-order valence-electron chi connectivity index (χ2n) is 3.93. The van der Waals surface area contributed by atoms with Crippen molar-refractivity contribution in [3.63, 3.8) is 0 Å². The molecule has 1 aromatic carbocycles. The first-order valence-corrected chi connectivity index (χ1v) is 6.73. The molecule has 5 heteroatoms. The SMILES string of the molecule is CC(CCN)SCCc1ccc([N+](=O)[O-])cc1. The molecule has 2 N–H and O–H groups in total. The lowest BCUT2D eigenvalue weighted by atomic mass is 10.1. The number of benzene rings is 1. The number of hydrogen-bond acceptors (Lipinski definition) is 4. The van der Waals surface area contributed by atoms with Gasteiger partial charge in [-0.2, -0.15) is 11.8 Å². The number of non-ortho nitro benzene ring substituents is 1. The predicted octanol–water partition coefficient (Wildman–Crippen LogP) is 2.61. The van der Waals surface area contributed by atoms with Gasteiger partial charge in [-0.25, -0.2) is 0 Å². The average molecular weight is 254 g/mol. The lowest BCUT2D eigenvalue weighted by Crippen LogP contribution is -2.08. The minimum atomic E-state index is -0.373. The molecule has 1 unspecified atom stereocenters. The molecular formula is C12H18N2O2S. The summed E-state index contributed by atoms with van der Waals surface area (Å²) in [5, 5.41) is 11.1. The van der Waals surface area contributed by atoms with E-state index in [4.69, 9.17) is 5.73 Å². The number of nitrogens with two attached hydrogens (primary N) is 1. The molecule has 0 spiro atoms. The van der Waals surface area contributed by atoms with E-state index < -0.39 is 0 Å². The average Bonchev–Trinajstić information content (AvgIpc) is 2.30. The Bertz CT molecular complexity index is 354. The smallest absolute Gasteiger partial charge is 0.269 e. The lowest BCUT2D eigenvalue weighted by molar-refractivity contribution is -0.384. The summed E-state index contributed by atoms with van der Waals surface area (Å²) >= 11 is 1.89. The minimum Gasteiger partial charge on any atom is -0.330 e. The van der Waals surface area contributed by atoms with E-state index in [9.17, 15) is 10.1 Å². The van der Waals surface area contributed by atoms with Gasteiger partial charge in [-0.3, -0.25) is 10.1 Å². The Kier molecular flexibility index (Phi) is 6.00. The number of rotatable bonds is 7. The van der Waals surface area contributed by atoms with Crippen molar-refractivity contribution in [2.24, 2.45) is 5.73 Å². The second kappa shape index (κ2) is 7.29. The zero-order valence-corrected chi connectivity index (χ0v) is 10.8. The molecule has 0 aliphatic rings. The van der Waals surface area contributed by atoms with Crippen LogP contribution in [0.2, 0.25) is 0 Å². The fourth-order valence-corrected chi connectivity index (χ4v) is 2.54. The third kappa shape index (κ3) is 5.19. The summed E-state index contributed by atoms with van der Waals surface area (Å²) in [6, 6.07) is 6.77. The molecular weight excluding hydrogens is 236 g/mol. The van der Waals surface area contributed by atoms with Crippen LogP contribution in [-0.4, -0.2) is 22.5 Å². The topological polar surface area (TPSA) is 69.2 Å². The van der Waals surface area contributed by atoms with Crippen molar-refractivity contribution in [1.29, 1.82) is 0 Å². The summed E-state index contributed by atoms with van der Waals surface area (Å²) < 4.78 is 0. The molecule has 4 nitrogen and oxygen atoms in total. The first kappa shape index (κ1) is 14.0. The molecule has 0 radical (unpaired) electrons. The number of nitro groups is 1. The van der Waals surface area contributed by atoms with Crippen LogP contribution in [0.1, 0.15) is 18.9 Å². The van der Waals surface area contributed by atoms with Crippen LogP contribution in [0.15, 0.2) is 24.3 Å². The first-order valence-electron chi connectivity index (χ1n) is 5.68. The molecule has 0 aromatic heterocycles. The summed E-state index contributed by atoms with van der Waals surface area (Å²) in [5.74, 6) is 1.03. The van der Waals surface area contributed by atoms with Crippen molar-refractivity contribution in [2.45, 2.75) is 25.0 Å². The lowest BCUT2D eigenvalue weighted by Gasteiger charge is -2.09. The van der Waals surface area contributed by atoms with Crippen molar-refractivity contribution in [3.05, 3.63) is 39.9 Å². The number of aryl methyl sites for hydroxylation is 1. The van der Waals surface area contributed by atoms with Crippen LogP contribution in [-0.2, 0) is 6.42 Å². The fourth-order valence-electron chi connectivity index (χ4n) is 1.48. The van der Waals surface area contributed by atoms with E-state index in [2.05, 4.69) is 6.92 Å². The van der Waals surface area contributed by atoms with Crippen LogP contribution in [0, 0.1) is 10.1 Å². The molecule has 0 aliphatic heterocycles. The number of nitro benzene ring substituents is 1. The molecule has 0 aliphatic carbocycles. The monoisotopic (exact) mass is 254 g/mol. The Morgan fingerprint density at radius 3 is 2.59 bits per heavy atom. The quantitative estimate of drug-likeness (QED) is 0.600. The largest absolute Gasteiger partial charge is 0.330 e. The van der Waals surface area contributed by atoms with Crippen LogP contribution < -0.4 is 5.73 Å². The normalized spacial score (nSPS) is 12.4. The highest BCUT2D eigenvalue weighted by molar-refractivity contribution is 7.99. The number of thioether (sulfide) groups is 1. The third-order valence-corrected chi connectivity index (χ3v) is 3.76. The van der Waals surface area contributed by atoms with Crippen molar-refractivity contribution in [2.75, 3.05) is 12.3 Å². The summed E-state index contributed by atoms with van der Waals surface area (Å²) in [5.41, 5.74) is 6.77. The molecule has 1 aromatic rings. The van der Waals surface area contributed by atoms with Crippen molar-refractivity contribution < 1.29 is 4.92 Å². The molecule has 94 valence electrons. The molecule has 17 heavy (non-hydrogen) atoms. The first-order chi connectivity index (χ1) is 8.13. The van der Waals surface area contributed by atoms with Crippen LogP contribution in [0.4, 0.5) is 5.69 Å². The second-order valence-corrected chi connectivity index (χ2v) is 5.48. The van der Waals surface area contributed by atoms with E-state index in [1.165, 1.54) is 0 Å². The van der Waals surface area contributed by atoms with Crippen molar-refractivity contribution in [3.8, 4) is 0 Å². The fraction of sp³-hybridized carbons (Fsp3) is 0.500. The van der Waals surface area contributed by atoms with E-state index in [1.807, 2.05) is 23.9 Å². The van der Waals surface area contributed by atoms with Gasteiger partial charge < -0.3 is 5.73 Å². The molecule has 0 heterocycles. The van der Waals surface area contributed by atoms with E-state index in [0.29, 0.717) is 5.25 Å². The predicted molar refractivity (Wildman–Crippen MR) is 72.4 cm³/mol. The van der Waals surface area contributed by atoms with Crippen LogP contribution in [0.3, 0.4) is 0 Å². The van der Waals surface area contributed by atoms with Crippen LogP contribution >= 0.6 is 11.8 Å². The maximum absolute atomic E-state index is 10.5. The van der Waals surface area contributed by atoms with E-state index >= 15 is 0 Å². The molecule has 1 rings (SSSR count). The van der Waals surface area contributed by atoms with Gasteiger partial charge in [0, 0.05) is 17.4 Å². The van der Waals surface area contributed by atoms with Gasteiger partial charge in [-0.05, 0) is 30.7 Å². The van der Waals surface area contributed by atoms with E-state index in [0.717, 1.165) is 30.7 Å². The van der Waals surface area contributed by atoms with Crippen LogP contribution in [0.5, 0.6) is 0 Å². The summed E-state index contributed by atoms with van der Waals surface area (Å²) in [7, 11) is 0. The minimum absolute atomic E-state index is 0.151. The maximum Gasteiger partial charge on any atom is 0.269 e. The highest BCUT2D eigenvalue weighted by Crippen LogP contribution is 2.17. The zero-order chi connectivity index (χ0) is 12.7. The summed E-state index contributed by atoms with van der Waals surface area (Å²) in [6.07, 6.45) is 1.97. The van der Waals surface area contributed by atoms with Gasteiger partial charge in [0.05, 0.1) is 4.92 Å². The van der Waals surface area contributed by atoms with E-state index in [1.54, 1.807) is 12.1 Å². The molecule has 0 saturated carbocycles. The molecule has 0 bridgehead atoms. The molecule has 0 amide bonds. The van der Waals surface area contributed by atoms with Gasteiger partial charge in [0.15, 0.2) is 0 Å². The van der Waals surface area contributed by atoms with Gasteiger partial charge in [0.1, 0.15) is 0 Å². The van der Waals surface area contributed by atoms with Crippen LogP contribution in [0.25, 0.3) is 0 Å². The Labute approximate surface area is 106 Å². The van der Waals surface area contributed by atoms with Crippen molar-refractivity contribution >= 4 is 17.4 Å². The molecule has 0 saturated heterocycles. The number of hydrogen-bond donors (Lipinski definition) is 1. The van der Waals surface area contributed by atoms with Crippen molar-refractivity contribution in [1.82, 2.24) is 0 Å². The standard InChI is InChI=1S/C12H18N2O2S/c1-10(6-8-13)17-9-7-11-2-4-12(5-3-11)14(15)16/h2-5,10H,6-9,13H2,1H3. The van der Waals surface area contributed by atoms with E-state index in [-0.39, 0.29) is 10.6 Å². The van der Waals surface area contributed by atoms with Gasteiger partial charge in [0.25, 0.3) is 5.69 Å². The van der Waals surface area contributed by atoms with Gasteiger partial charge in [-0.15, -0.1) is 0 Å². The highest BCUT2D eigenvalue weighted by atomic mass is 32.2. The van der Waals surface area contributed by atoms with Gasteiger partial charge >= 0.3 is 0 Å². The molecule has 1 atom stereocenters. The van der Waals surface area contributed by atoms with Gasteiger partial charge in [-0.1, -0.05) is 19.1 Å². The number of nitrogens with zero attached hydrogens (tertiary/aromatic N) is 1. The zero-order valence-electron chi connectivity index (χ0n) is 9.96. The Morgan fingerprint density at radius 1 is 1.41 bits per heavy atom. The maximum atomic E-state index is 10.5.